The summed E-state index contributed by atoms with van der Waals surface area (Å²) in [5.74, 6) is -0.150. The highest BCUT2D eigenvalue weighted by molar-refractivity contribution is 5.93. The first-order valence-electron chi connectivity index (χ1n) is 6.05. The predicted octanol–water partition coefficient (Wildman–Crippen LogP) is 1.90. The second-order valence-electron chi connectivity index (χ2n) is 5.03. The fraction of sp³-hybridized carbons (Fsp3) is 0.500. The minimum absolute atomic E-state index is 0.0532. The average molecular weight is 250 g/mol. The van der Waals surface area contributed by atoms with Crippen LogP contribution in [0.5, 0.6) is 0 Å². The van der Waals surface area contributed by atoms with E-state index in [0.29, 0.717) is 6.54 Å². The van der Waals surface area contributed by atoms with Gasteiger partial charge in [-0.15, -0.1) is 0 Å². The molecule has 0 aliphatic carbocycles. The van der Waals surface area contributed by atoms with Crippen LogP contribution in [-0.4, -0.2) is 25.7 Å². The van der Waals surface area contributed by atoms with Crippen LogP contribution in [0.3, 0.4) is 0 Å². The van der Waals surface area contributed by atoms with Crippen molar-refractivity contribution >= 4 is 11.6 Å². The van der Waals surface area contributed by atoms with E-state index in [0.717, 1.165) is 11.3 Å². The largest absolute Gasteiger partial charge is 0.372 e. The maximum Gasteiger partial charge on any atom is 0.253 e. The number of methoxy groups -OCH3 is 1. The van der Waals surface area contributed by atoms with E-state index >= 15 is 0 Å². The molecule has 0 saturated carbocycles. The number of hydrogen-bond donors (Lipinski definition) is 2. The first-order valence-corrected chi connectivity index (χ1v) is 6.05. The molecule has 4 nitrogen and oxygen atoms in total. The van der Waals surface area contributed by atoms with E-state index in [1.54, 1.807) is 6.92 Å². The summed E-state index contributed by atoms with van der Waals surface area (Å²) in [6.45, 7) is 6.47. The highest BCUT2D eigenvalue weighted by Crippen LogP contribution is 2.23. The zero-order valence-corrected chi connectivity index (χ0v) is 11.5. The van der Waals surface area contributed by atoms with Crippen molar-refractivity contribution in [2.24, 2.45) is 5.73 Å². The van der Waals surface area contributed by atoms with Gasteiger partial charge in [0.2, 0.25) is 0 Å². The standard InChI is InChI=1S/C14H22N2O2/c1-10(18-4)13(17)16-12-7-5-11(6-8-12)14(2,3)9-15/h5-8,10H,9,15H2,1-4H3,(H,16,17). The van der Waals surface area contributed by atoms with Crippen LogP contribution in [0.4, 0.5) is 5.69 Å². The van der Waals surface area contributed by atoms with Crippen LogP contribution in [0.15, 0.2) is 24.3 Å². The molecule has 0 heterocycles. The van der Waals surface area contributed by atoms with Crippen LogP contribution in [0.25, 0.3) is 0 Å². The van der Waals surface area contributed by atoms with E-state index in [9.17, 15) is 4.79 Å². The number of benzene rings is 1. The summed E-state index contributed by atoms with van der Waals surface area (Å²) in [6, 6.07) is 7.74. The SMILES string of the molecule is COC(C)C(=O)Nc1ccc(C(C)(C)CN)cc1. The zero-order valence-electron chi connectivity index (χ0n) is 11.5. The molecule has 0 radical (unpaired) electrons. The smallest absolute Gasteiger partial charge is 0.253 e. The van der Waals surface area contributed by atoms with Crippen molar-refractivity contribution in [3.05, 3.63) is 29.8 Å². The summed E-state index contributed by atoms with van der Waals surface area (Å²) in [7, 11) is 1.51. The van der Waals surface area contributed by atoms with Crippen LogP contribution in [0, 0.1) is 0 Å². The van der Waals surface area contributed by atoms with Gasteiger partial charge in [0.05, 0.1) is 0 Å². The van der Waals surface area contributed by atoms with Crippen LogP contribution < -0.4 is 11.1 Å². The Balaban J connectivity index is 2.75. The van der Waals surface area contributed by atoms with Gasteiger partial charge in [-0.25, -0.2) is 0 Å². The van der Waals surface area contributed by atoms with Gasteiger partial charge in [-0.1, -0.05) is 26.0 Å². The molecule has 1 unspecified atom stereocenters. The van der Waals surface area contributed by atoms with Gasteiger partial charge in [-0.2, -0.15) is 0 Å². The molecule has 0 bridgehead atoms. The van der Waals surface area contributed by atoms with E-state index in [-0.39, 0.29) is 11.3 Å². The van der Waals surface area contributed by atoms with E-state index in [2.05, 4.69) is 19.2 Å². The first-order chi connectivity index (χ1) is 8.40. The molecule has 0 aliphatic heterocycles. The van der Waals surface area contributed by atoms with Crippen molar-refractivity contribution in [3.8, 4) is 0 Å². The molecular weight excluding hydrogens is 228 g/mol. The number of rotatable bonds is 5. The normalized spacial score (nSPS) is 13.2. The van der Waals surface area contributed by atoms with Crippen molar-refractivity contribution in [2.75, 3.05) is 19.0 Å². The third kappa shape index (κ3) is 3.55. The Labute approximate surface area is 109 Å². The van der Waals surface area contributed by atoms with Crippen LogP contribution in [-0.2, 0) is 14.9 Å². The molecule has 4 heteroatoms. The lowest BCUT2D eigenvalue weighted by atomic mass is 9.85. The van der Waals surface area contributed by atoms with Crippen molar-refractivity contribution in [3.63, 3.8) is 0 Å². The van der Waals surface area contributed by atoms with Gasteiger partial charge in [0.25, 0.3) is 5.91 Å². The van der Waals surface area contributed by atoms with Crippen molar-refractivity contribution < 1.29 is 9.53 Å². The summed E-state index contributed by atoms with van der Waals surface area (Å²) >= 11 is 0. The van der Waals surface area contributed by atoms with Crippen LogP contribution in [0.1, 0.15) is 26.3 Å². The Morgan fingerprint density at radius 2 is 1.94 bits per heavy atom. The summed E-state index contributed by atoms with van der Waals surface area (Å²) in [6.07, 6.45) is -0.454. The molecule has 0 saturated heterocycles. The lowest BCUT2D eigenvalue weighted by Gasteiger charge is -2.23. The third-order valence-corrected chi connectivity index (χ3v) is 3.17. The summed E-state index contributed by atoms with van der Waals surface area (Å²) in [5.41, 5.74) is 7.60. The van der Waals surface area contributed by atoms with Gasteiger partial charge in [-0.05, 0) is 24.6 Å². The molecule has 100 valence electrons. The van der Waals surface area contributed by atoms with Gasteiger partial charge in [0.1, 0.15) is 6.10 Å². The Morgan fingerprint density at radius 3 is 2.39 bits per heavy atom. The number of carbonyl (C=O) groups is 1. The first kappa shape index (κ1) is 14.7. The third-order valence-electron chi connectivity index (χ3n) is 3.17. The zero-order chi connectivity index (χ0) is 13.8. The highest BCUT2D eigenvalue weighted by Gasteiger charge is 2.18. The molecule has 1 amide bonds. The molecule has 1 aromatic rings. The molecule has 18 heavy (non-hydrogen) atoms. The highest BCUT2D eigenvalue weighted by atomic mass is 16.5. The van der Waals surface area contributed by atoms with Gasteiger partial charge in [0.15, 0.2) is 0 Å². The Morgan fingerprint density at radius 1 is 1.39 bits per heavy atom. The van der Waals surface area contributed by atoms with Gasteiger partial charge in [-0.3, -0.25) is 4.79 Å². The maximum atomic E-state index is 11.6. The molecule has 0 spiro atoms. The number of hydrogen-bond acceptors (Lipinski definition) is 3. The fourth-order valence-electron chi connectivity index (χ4n) is 1.47. The molecule has 0 aliphatic rings. The second-order valence-corrected chi connectivity index (χ2v) is 5.03. The van der Waals surface area contributed by atoms with Gasteiger partial charge in [0, 0.05) is 24.8 Å². The van der Waals surface area contributed by atoms with E-state index in [1.807, 2.05) is 24.3 Å². The molecular formula is C14H22N2O2. The topological polar surface area (TPSA) is 64.3 Å². The molecule has 0 aromatic heterocycles. The number of nitrogens with one attached hydrogen (secondary N) is 1. The van der Waals surface area contributed by atoms with E-state index < -0.39 is 6.10 Å². The number of nitrogens with two attached hydrogens (primary N) is 1. The number of anilines is 1. The number of amides is 1. The van der Waals surface area contributed by atoms with Crippen LogP contribution in [0.2, 0.25) is 0 Å². The van der Waals surface area contributed by atoms with Gasteiger partial charge < -0.3 is 15.8 Å². The minimum Gasteiger partial charge on any atom is -0.372 e. The lowest BCUT2D eigenvalue weighted by Crippen LogP contribution is -2.28. The van der Waals surface area contributed by atoms with Crippen molar-refractivity contribution in [2.45, 2.75) is 32.3 Å². The lowest BCUT2D eigenvalue weighted by molar-refractivity contribution is -0.124. The summed E-state index contributed by atoms with van der Waals surface area (Å²) in [5, 5.41) is 2.79. The van der Waals surface area contributed by atoms with Crippen molar-refractivity contribution in [1.29, 1.82) is 0 Å². The summed E-state index contributed by atoms with van der Waals surface area (Å²) < 4.78 is 4.95. The Bertz CT molecular complexity index is 399. The maximum absolute atomic E-state index is 11.6. The average Bonchev–Trinajstić information content (AvgIpc) is 2.38. The summed E-state index contributed by atoms with van der Waals surface area (Å²) in [4.78, 5) is 11.6. The molecule has 1 rings (SSSR count). The predicted molar refractivity (Wildman–Crippen MR) is 73.6 cm³/mol. The molecule has 1 atom stereocenters. The fourth-order valence-corrected chi connectivity index (χ4v) is 1.47. The Hall–Kier alpha value is -1.39. The number of ether oxygens (including phenoxy) is 1. The van der Waals surface area contributed by atoms with E-state index in [4.69, 9.17) is 10.5 Å². The van der Waals surface area contributed by atoms with Crippen LogP contribution >= 0.6 is 0 Å². The monoisotopic (exact) mass is 250 g/mol. The quantitative estimate of drug-likeness (QED) is 0.839. The second kappa shape index (κ2) is 5.98. The molecule has 3 N–H and O–H groups in total. The van der Waals surface area contributed by atoms with E-state index in [1.165, 1.54) is 7.11 Å². The van der Waals surface area contributed by atoms with Crippen molar-refractivity contribution in [1.82, 2.24) is 0 Å². The van der Waals surface area contributed by atoms with Gasteiger partial charge >= 0.3 is 0 Å². The molecule has 0 fully saturated rings. The molecule has 1 aromatic carbocycles. The number of carbonyl (C=O) groups excluding carboxylic acids is 1. The minimum atomic E-state index is -0.454. The Kier molecular flexibility index (Phi) is 4.87.